The van der Waals surface area contributed by atoms with Gasteiger partial charge in [-0.05, 0) is 12.8 Å². The van der Waals surface area contributed by atoms with Gasteiger partial charge in [0.25, 0.3) is 0 Å². The average Bonchev–Trinajstić information content (AvgIpc) is 2.99. The van der Waals surface area contributed by atoms with Crippen LogP contribution in [0.3, 0.4) is 0 Å². The number of aromatic nitrogens is 4. The molecule has 0 saturated heterocycles. The first kappa shape index (κ1) is 14.8. The first-order chi connectivity index (χ1) is 9.58. The van der Waals surface area contributed by atoms with Crippen LogP contribution in [-0.2, 0) is 26.7 Å². The first-order valence-corrected chi connectivity index (χ1v) is 7.28. The molecule has 0 radical (unpaired) electrons. The van der Waals surface area contributed by atoms with Gasteiger partial charge >= 0.3 is 0 Å². The molecule has 0 spiro atoms. The van der Waals surface area contributed by atoms with Crippen molar-refractivity contribution in [2.75, 3.05) is 6.54 Å². The summed E-state index contributed by atoms with van der Waals surface area (Å²) >= 11 is 0. The number of aryl methyl sites for hydroxylation is 2. The van der Waals surface area contributed by atoms with Crippen molar-refractivity contribution in [1.29, 1.82) is 0 Å². The summed E-state index contributed by atoms with van der Waals surface area (Å²) in [4.78, 5) is 6.86. The maximum absolute atomic E-state index is 4.43. The monoisotopic (exact) mass is 275 g/mol. The van der Waals surface area contributed by atoms with Gasteiger partial charge in [-0.25, -0.2) is 4.98 Å². The Labute approximate surface area is 121 Å². The highest BCUT2D eigenvalue weighted by Gasteiger charge is 2.12. The van der Waals surface area contributed by atoms with Gasteiger partial charge in [0.05, 0.1) is 12.7 Å². The van der Waals surface area contributed by atoms with Crippen molar-refractivity contribution in [2.45, 2.75) is 40.4 Å². The fraction of sp³-hybridized carbons (Fsp3) is 0.600. The van der Waals surface area contributed by atoms with Crippen molar-refractivity contribution in [3.8, 4) is 0 Å². The molecule has 0 amide bonds. The molecule has 2 heterocycles. The first-order valence-electron chi connectivity index (χ1n) is 7.28. The second kappa shape index (κ2) is 6.70. The lowest BCUT2D eigenvalue weighted by Crippen LogP contribution is -2.28. The molecule has 0 unspecified atom stereocenters. The average molecular weight is 275 g/mol. The Morgan fingerprint density at radius 2 is 2.10 bits per heavy atom. The van der Waals surface area contributed by atoms with E-state index in [1.54, 1.807) is 0 Å². The molecule has 0 aromatic carbocycles. The molecule has 0 aliphatic heterocycles. The van der Waals surface area contributed by atoms with E-state index in [0.29, 0.717) is 5.92 Å². The molecular weight excluding hydrogens is 250 g/mol. The minimum Gasteiger partial charge on any atom is -0.337 e. The van der Waals surface area contributed by atoms with E-state index in [-0.39, 0.29) is 0 Å². The molecule has 0 bridgehead atoms. The largest absolute Gasteiger partial charge is 0.337 e. The topological polar surface area (TPSA) is 38.9 Å². The van der Waals surface area contributed by atoms with Gasteiger partial charge in [-0.2, -0.15) is 5.10 Å². The van der Waals surface area contributed by atoms with Crippen molar-refractivity contribution in [1.82, 2.24) is 24.2 Å². The number of hydrogen-bond donors (Lipinski definition) is 0. The minimum absolute atomic E-state index is 0.636. The molecule has 0 aliphatic rings. The maximum Gasteiger partial charge on any atom is 0.122 e. The molecule has 5 heteroatoms. The summed E-state index contributed by atoms with van der Waals surface area (Å²) in [7, 11) is 2.05. The fourth-order valence-corrected chi connectivity index (χ4v) is 2.37. The number of hydrogen-bond acceptors (Lipinski definition) is 3. The highest BCUT2D eigenvalue weighted by Crippen LogP contribution is 2.11. The van der Waals surface area contributed by atoms with E-state index in [2.05, 4.69) is 46.5 Å². The van der Waals surface area contributed by atoms with Crippen LogP contribution in [0, 0.1) is 5.92 Å². The van der Waals surface area contributed by atoms with Gasteiger partial charge in [0.1, 0.15) is 5.82 Å². The Kier molecular flexibility index (Phi) is 4.95. The van der Waals surface area contributed by atoms with Crippen molar-refractivity contribution in [2.24, 2.45) is 13.0 Å². The zero-order valence-corrected chi connectivity index (χ0v) is 13.0. The number of nitrogens with zero attached hydrogens (tertiary/aromatic N) is 5. The van der Waals surface area contributed by atoms with Gasteiger partial charge in [-0.1, -0.05) is 13.8 Å². The zero-order valence-electron chi connectivity index (χ0n) is 13.0. The fourth-order valence-electron chi connectivity index (χ4n) is 2.37. The van der Waals surface area contributed by atoms with Crippen LogP contribution >= 0.6 is 0 Å². The molecule has 5 nitrogen and oxygen atoms in total. The Bertz CT molecular complexity index is 526. The van der Waals surface area contributed by atoms with Gasteiger partial charge in [-0.15, -0.1) is 0 Å². The van der Waals surface area contributed by atoms with Crippen LogP contribution in [0.15, 0.2) is 24.8 Å². The third-order valence-corrected chi connectivity index (χ3v) is 3.33. The van der Waals surface area contributed by atoms with Crippen molar-refractivity contribution < 1.29 is 0 Å². The second-order valence-corrected chi connectivity index (χ2v) is 5.72. The van der Waals surface area contributed by atoms with Crippen LogP contribution in [0.25, 0.3) is 0 Å². The lowest BCUT2D eigenvalue weighted by molar-refractivity contribution is 0.220. The smallest absolute Gasteiger partial charge is 0.122 e. The molecule has 2 aromatic heterocycles. The van der Waals surface area contributed by atoms with Gasteiger partial charge in [0.15, 0.2) is 0 Å². The zero-order chi connectivity index (χ0) is 14.5. The highest BCUT2D eigenvalue weighted by molar-refractivity contribution is 5.04. The van der Waals surface area contributed by atoms with E-state index in [1.165, 1.54) is 5.56 Å². The Hall–Kier alpha value is -1.62. The normalized spacial score (nSPS) is 11.7. The lowest BCUT2D eigenvalue weighted by atomic mass is 10.2. The summed E-state index contributed by atoms with van der Waals surface area (Å²) in [5.41, 5.74) is 1.27. The molecule has 0 saturated carbocycles. The van der Waals surface area contributed by atoms with E-state index >= 15 is 0 Å². The van der Waals surface area contributed by atoms with E-state index in [0.717, 1.165) is 32.0 Å². The predicted molar refractivity (Wildman–Crippen MR) is 80.1 cm³/mol. The SMILES string of the molecule is CCn1cc(CN(Cc2nccn2C)CC(C)C)cn1. The second-order valence-electron chi connectivity index (χ2n) is 5.72. The third kappa shape index (κ3) is 3.93. The Balaban J connectivity index is 2.05. The highest BCUT2D eigenvalue weighted by atomic mass is 15.3. The van der Waals surface area contributed by atoms with Crippen LogP contribution in [0.4, 0.5) is 0 Å². The van der Waals surface area contributed by atoms with Crippen LogP contribution in [0.5, 0.6) is 0 Å². The summed E-state index contributed by atoms with van der Waals surface area (Å²) in [6, 6.07) is 0. The summed E-state index contributed by atoms with van der Waals surface area (Å²) in [6.45, 7) is 10.4. The maximum atomic E-state index is 4.43. The minimum atomic E-state index is 0.636. The summed E-state index contributed by atoms with van der Waals surface area (Å²) in [5, 5.41) is 4.35. The van der Waals surface area contributed by atoms with Crippen LogP contribution < -0.4 is 0 Å². The molecule has 0 aliphatic carbocycles. The molecular formula is C15H25N5. The van der Waals surface area contributed by atoms with Gasteiger partial charge in [0.2, 0.25) is 0 Å². The number of rotatable bonds is 7. The van der Waals surface area contributed by atoms with E-state index in [4.69, 9.17) is 0 Å². The van der Waals surface area contributed by atoms with Crippen LogP contribution in [-0.4, -0.2) is 30.8 Å². The molecule has 2 aromatic rings. The standard InChI is InChI=1S/C15H25N5/c1-5-20-11-14(8-17-20)10-19(9-13(2)3)12-15-16-6-7-18(15)4/h6-8,11,13H,5,9-10,12H2,1-4H3. The lowest BCUT2D eigenvalue weighted by Gasteiger charge is -2.23. The van der Waals surface area contributed by atoms with E-state index in [9.17, 15) is 0 Å². The van der Waals surface area contributed by atoms with E-state index < -0.39 is 0 Å². The van der Waals surface area contributed by atoms with Crippen molar-refractivity contribution >= 4 is 0 Å². The molecule has 0 atom stereocenters. The van der Waals surface area contributed by atoms with Crippen LogP contribution in [0.1, 0.15) is 32.2 Å². The number of imidazole rings is 1. The Morgan fingerprint density at radius 3 is 2.65 bits per heavy atom. The van der Waals surface area contributed by atoms with E-state index in [1.807, 2.05) is 30.3 Å². The summed E-state index contributed by atoms with van der Waals surface area (Å²) in [6.07, 6.45) is 7.96. The molecule has 0 fully saturated rings. The van der Waals surface area contributed by atoms with Crippen LogP contribution in [0.2, 0.25) is 0 Å². The molecule has 110 valence electrons. The van der Waals surface area contributed by atoms with Crippen molar-refractivity contribution in [3.05, 3.63) is 36.2 Å². The van der Waals surface area contributed by atoms with Gasteiger partial charge < -0.3 is 4.57 Å². The third-order valence-electron chi connectivity index (χ3n) is 3.33. The summed E-state index contributed by atoms with van der Waals surface area (Å²) < 4.78 is 4.06. The van der Waals surface area contributed by atoms with Crippen molar-refractivity contribution in [3.63, 3.8) is 0 Å². The molecule has 2 rings (SSSR count). The molecule has 0 N–H and O–H groups in total. The quantitative estimate of drug-likeness (QED) is 0.778. The summed E-state index contributed by atoms with van der Waals surface area (Å²) in [5.74, 6) is 1.74. The predicted octanol–water partition coefficient (Wildman–Crippen LogP) is 2.29. The Morgan fingerprint density at radius 1 is 1.30 bits per heavy atom. The van der Waals surface area contributed by atoms with Gasteiger partial charge in [0, 0.05) is 50.8 Å². The molecule has 20 heavy (non-hydrogen) atoms. The van der Waals surface area contributed by atoms with Gasteiger partial charge in [-0.3, -0.25) is 9.58 Å².